The van der Waals surface area contributed by atoms with Gasteiger partial charge in [0, 0.05) is 6.54 Å². The van der Waals surface area contributed by atoms with Crippen LogP contribution in [0.25, 0.3) is 11.0 Å². The Balaban J connectivity index is 1.91. The first-order valence-electron chi connectivity index (χ1n) is 8.01. The molecule has 0 atom stereocenters. The minimum Gasteiger partial charge on any atom is -0.379 e. The summed E-state index contributed by atoms with van der Waals surface area (Å²) in [5.41, 5.74) is 7.51. The Morgan fingerprint density at radius 1 is 1.00 bits per heavy atom. The Hall–Kier alpha value is -2.29. The third-order valence-electron chi connectivity index (χ3n) is 4.22. The molecule has 0 radical (unpaired) electrons. The van der Waals surface area contributed by atoms with E-state index in [0.717, 1.165) is 41.9 Å². The van der Waals surface area contributed by atoms with Gasteiger partial charge in [-0.3, -0.25) is 0 Å². The lowest BCUT2D eigenvalue weighted by molar-refractivity contribution is 0.988. The number of aromatic nitrogens is 2. The van der Waals surface area contributed by atoms with Gasteiger partial charge in [-0.2, -0.15) is 0 Å². The smallest absolute Gasteiger partial charge is 0.104 e. The van der Waals surface area contributed by atoms with E-state index in [2.05, 4.69) is 59.5 Å². The molecule has 3 rings (SSSR count). The number of hydrogen-bond donors (Lipinski definition) is 2. The first kappa shape index (κ1) is 14.6. The van der Waals surface area contributed by atoms with Gasteiger partial charge in [-0.15, -0.1) is 0 Å². The lowest BCUT2D eigenvalue weighted by Crippen LogP contribution is -2.06. The van der Waals surface area contributed by atoms with Crippen molar-refractivity contribution in [3.8, 4) is 0 Å². The number of nitrogens with one attached hydrogen (secondary N) is 2. The summed E-state index contributed by atoms with van der Waals surface area (Å²) in [5.74, 6) is 0.951. The van der Waals surface area contributed by atoms with E-state index in [0.29, 0.717) is 0 Å². The summed E-state index contributed by atoms with van der Waals surface area (Å²) in [4.78, 5) is 7.85. The molecule has 0 saturated carbocycles. The van der Waals surface area contributed by atoms with Crippen molar-refractivity contribution in [2.24, 2.45) is 0 Å². The van der Waals surface area contributed by atoms with Crippen LogP contribution < -0.4 is 5.32 Å². The zero-order chi connectivity index (χ0) is 15.5. The quantitative estimate of drug-likeness (QED) is 0.721. The lowest BCUT2D eigenvalue weighted by Gasteiger charge is -2.15. The highest BCUT2D eigenvalue weighted by molar-refractivity contribution is 5.88. The molecule has 3 nitrogen and oxygen atoms in total. The van der Waals surface area contributed by atoms with Crippen molar-refractivity contribution in [3.05, 3.63) is 58.9 Å². The maximum atomic E-state index is 4.50. The third kappa shape index (κ3) is 2.71. The number of anilines is 1. The molecular weight excluding hydrogens is 270 g/mol. The number of aromatic amines is 1. The number of rotatable bonds is 5. The molecule has 0 aliphatic carbocycles. The number of para-hydroxylation sites is 1. The second kappa shape index (κ2) is 6.22. The van der Waals surface area contributed by atoms with E-state index >= 15 is 0 Å². The average Bonchev–Trinajstić information content (AvgIpc) is 2.93. The van der Waals surface area contributed by atoms with Gasteiger partial charge in [0.2, 0.25) is 0 Å². The van der Waals surface area contributed by atoms with Crippen molar-refractivity contribution in [1.82, 2.24) is 9.97 Å². The molecule has 0 bridgehead atoms. The number of aryl methyl sites for hydroxylation is 3. The Morgan fingerprint density at radius 3 is 2.36 bits per heavy atom. The van der Waals surface area contributed by atoms with E-state index in [9.17, 15) is 0 Å². The van der Waals surface area contributed by atoms with Crippen LogP contribution in [0.3, 0.4) is 0 Å². The fourth-order valence-electron chi connectivity index (χ4n) is 3.06. The molecule has 0 saturated heterocycles. The fourth-order valence-corrected chi connectivity index (χ4v) is 3.06. The predicted octanol–water partition coefficient (Wildman–Crippen LogP) is 4.61. The van der Waals surface area contributed by atoms with Crippen LogP contribution in [0.4, 0.5) is 5.69 Å². The number of benzene rings is 2. The lowest BCUT2D eigenvalue weighted by atomic mass is 9.97. The summed E-state index contributed by atoms with van der Waals surface area (Å²) < 4.78 is 0. The summed E-state index contributed by atoms with van der Waals surface area (Å²) in [6, 6.07) is 12.8. The molecule has 2 N–H and O–H groups in total. The second-order valence-electron chi connectivity index (χ2n) is 5.64. The van der Waals surface area contributed by atoms with Crippen molar-refractivity contribution in [1.29, 1.82) is 0 Å². The standard InChI is InChI=1S/C19H23N3/c1-4-14-8-6-9-15(5-2)16(14)12-20-17-10-7-11-18-19(17)22-13(3)21-18/h6-11,20H,4-5,12H2,1-3H3,(H,21,22). The topological polar surface area (TPSA) is 40.7 Å². The van der Waals surface area contributed by atoms with E-state index in [4.69, 9.17) is 0 Å². The van der Waals surface area contributed by atoms with E-state index in [1.54, 1.807) is 0 Å². The molecule has 1 aromatic heterocycles. The number of fused-ring (bicyclic) bond motifs is 1. The van der Waals surface area contributed by atoms with Crippen LogP contribution in [0.15, 0.2) is 36.4 Å². The Labute approximate surface area is 131 Å². The van der Waals surface area contributed by atoms with Crippen molar-refractivity contribution >= 4 is 16.7 Å². The number of H-pyrrole nitrogens is 1. The van der Waals surface area contributed by atoms with Crippen LogP contribution in [-0.4, -0.2) is 9.97 Å². The number of imidazole rings is 1. The van der Waals surface area contributed by atoms with Gasteiger partial charge < -0.3 is 10.3 Å². The summed E-state index contributed by atoms with van der Waals surface area (Å²) in [7, 11) is 0. The van der Waals surface area contributed by atoms with Crippen LogP contribution in [0.5, 0.6) is 0 Å². The molecule has 22 heavy (non-hydrogen) atoms. The molecule has 3 aromatic rings. The van der Waals surface area contributed by atoms with Crippen molar-refractivity contribution in [2.45, 2.75) is 40.2 Å². The predicted molar refractivity (Wildman–Crippen MR) is 93.4 cm³/mol. The monoisotopic (exact) mass is 293 g/mol. The van der Waals surface area contributed by atoms with Crippen LogP contribution in [0.2, 0.25) is 0 Å². The normalized spacial score (nSPS) is 11.0. The van der Waals surface area contributed by atoms with Crippen LogP contribution >= 0.6 is 0 Å². The second-order valence-corrected chi connectivity index (χ2v) is 5.64. The van der Waals surface area contributed by atoms with Gasteiger partial charge in [-0.1, -0.05) is 38.1 Å². The van der Waals surface area contributed by atoms with Crippen LogP contribution in [0.1, 0.15) is 36.4 Å². The number of hydrogen-bond acceptors (Lipinski definition) is 2. The summed E-state index contributed by atoms with van der Waals surface area (Å²) in [5, 5.41) is 3.60. The van der Waals surface area contributed by atoms with Gasteiger partial charge in [0.05, 0.1) is 16.7 Å². The van der Waals surface area contributed by atoms with Gasteiger partial charge in [0.15, 0.2) is 0 Å². The summed E-state index contributed by atoms with van der Waals surface area (Å²) in [6.45, 7) is 7.28. The molecular formula is C19H23N3. The highest BCUT2D eigenvalue weighted by Gasteiger charge is 2.08. The Kier molecular flexibility index (Phi) is 4.14. The summed E-state index contributed by atoms with van der Waals surface area (Å²) in [6.07, 6.45) is 2.14. The van der Waals surface area contributed by atoms with Gasteiger partial charge in [0.1, 0.15) is 5.82 Å². The molecule has 3 heteroatoms. The fraction of sp³-hybridized carbons (Fsp3) is 0.316. The minimum atomic E-state index is 0.852. The van der Waals surface area contributed by atoms with Gasteiger partial charge >= 0.3 is 0 Å². The molecule has 0 spiro atoms. The third-order valence-corrected chi connectivity index (χ3v) is 4.22. The van der Waals surface area contributed by atoms with E-state index in [1.807, 2.05) is 13.0 Å². The zero-order valence-electron chi connectivity index (χ0n) is 13.5. The van der Waals surface area contributed by atoms with Gasteiger partial charge in [0.25, 0.3) is 0 Å². The highest BCUT2D eigenvalue weighted by atomic mass is 15.0. The van der Waals surface area contributed by atoms with E-state index in [1.165, 1.54) is 16.7 Å². The van der Waals surface area contributed by atoms with Gasteiger partial charge in [-0.25, -0.2) is 4.98 Å². The van der Waals surface area contributed by atoms with Gasteiger partial charge in [-0.05, 0) is 48.6 Å². The van der Waals surface area contributed by atoms with Crippen molar-refractivity contribution in [3.63, 3.8) is 0 Å². The zero-order valence-corrected chi connectivity index (χ0v) is 13.5. The Bertz CT molecular complexity index is 764. The largest absolute Gasteiger partial charge is 0.379 e. The molecule has 0 fully saturated rings. The van der Waals surface area contributed by atoms with Crippen LogP contribution in [-0.2, 0) is 19.4 Å². The molecule has 2 aromatic carbocycles. The highest BCUT2D eigenvalue weighted by Crippen LogP contribution is 2.23. The molecule has 0 unspecified atom stereocenters. The maximum Gasteiger partial charge on any atom is 0.104 e. The summed E-state index contributed by atoms with van der Waals surface area (Å²) >= 11 is 0. The number of nitrogens with zero attached hydrogens (tertiary/aromatic N) is 1. The average molecular weight is 293 g/mol. The Morgan fingerprint density at radius 2 is 1.68 bits per heavy atom. The van der Waals surface area contributed by atoms with Crippen molar-refractivity contribution in [2.75, 3.05) is 5.32 Å². The first-order valence-corrected chi connectivity index (χ1v) is 8.01. The SMILES string of the molecule is CCc1cccc(CC)c1CNc1cccc2nc(C)[nH]c12. The molecule has 1 heterocycles. The first-order chi connectivity index (χ1) is 10.7. The van der Waals surface area contributed by atoms with Crippen LogP contribution in [0, 0.1) is 6.92 Å². The molecule has 0 aliphatic heterocycles. The molecule has 0 aliphatic rings. The van der Waals surface area contributed by atoms with E-state index < -0.39 is 0 Å². The molecule has 114 valence electrons. The van der Waals surface area contributed by atoms with Crippen molar-refractivity contribution < 1.29 is 0 Å². The minimum absolute atomic E-state index is 0.852. The maximum absolute atomic E-state index is 4.50. The van der Waals surface area contributed by atoms with E-state index in [-0.39, 0.29) is 0 Å². The molecule has 0 amide bonds.